The molecule has 4 fully saturated rings. The predicted octanol–water partition coefficient (Wildman–Crippen LogP) is 2.41. The van der Waals surface area contributed by atoms with Crippen LogP contribution in [0.15, 0.2) is 12.3 Å². The molecule has 0 N–H and O–H groups in total. The number of rotatable bonds is 5. The molecule has 2 aliphatic carbocycles. The van der Waals surface area contributed by atoms with Gasteiger partial charge in [0, 0.05) is 31.7 Å². The van der Waals surface area contributed by atoms with Crippen LogP contribution < -0.4 is 4.90 Å². The zero-order valence-electron chi connectivity index (χ0n) is 15.3. The molecule has 0 bridgehead atoms. The van der Waals surface area contributed by atoms with Crippen LogP contribution in [0.2, 0.25) is 0 Å². The third-order valence-corrected chi connectivity index (χ3v) is 6.31. The van der Waals surface area contributed by atoms with Crippen LogP contribution in [-0.2, 0) is 9.53 Å². The number of anilines is 1. The van der Waals surface area contributed by atoms with Crippen molar-refractivity contribution in [2.24, 2.45) is 17.8 Å². The van der Waals surface area contributed by atoms with E-state index in [0.717, 1.165) is 31.3 Å². The Balaban J connectivity index is 1.29. The van der Waals surface area contributed by atoms with Gasteiger partial charge in [-0.2, -0.15) is 0 Å². The van der Waals surface area contributed by atoms with Crippen molar-refractivity contribution in [3.8, 4) is 0 Å². The molecule has 3 heterocycles. The molecule has 1 amide bonds. The van der Waals surface area contributed by atoms with Gasteiger partial charge in [-0.15, -0.1) is 0 Å². The van der Waals surface area contributed by atoms with E-state index < -0.39 is 0 Å². The summed E-state index contributed by atoms with van der Waals surface area (Å²) in [5, 5.41) is 0. The highest BCUT2D eigenvalue weighted by Gasteiger charge is 2.47. The molecule has 0 radical (unpaired) electrons. The minimum absolute atomic E-state index is 0.129. The van der Waals surface area contributed by atoms with Gasteiger partial charge in [0.1, 0.15) is 6.10 Å². The summed E-state index contributed by atoms with van der Waals surface area (Å²) in [5.74, 6) is 2.76. The van der Waals surface area contributed by atoms with Gasteiger partial charge in [-0.05, 0) is 56.4 Å². The normalized spacial score (nSPS) is 26.6. The summed E-state index contributed by atoms with van der Waals surface area (Å²) in [6.07, 6.45) is 9.09. The summed E-state index contributed by atoms with van der Waals surface area (Å²) in [6.45, 7) is 4.01. The van der Waals surface area contributed by atoms with E-state index in [1.165, 1.54) is 38.5 Å². The molecule has 4 aliphatic rings. The lowest BCUT2D eigenvalue weighted by molar-refractivity contribution is -0.145. The number of carbonyl (C=O) groups excluding carboxylic acids is 1. The Kier molecular flexibility index (Phi) is 4.31. The molecular weight excluding hydrogens is 328 g/mol. The Bertz CT molecular complexity index is 656. The van der Waals surface area contributed by atoms with Crippen molar-refractivity contribution >= 4 is 11.9 Å². The van der Waals surface area contributed by atoms with Crippen molar-refractivity contribution < 1.29 is 9.53 Å². The van der Waals surface area contributed by atoms with Gasteiger partial charge in [-0.1, -0.05) is 0 Å². The van der Waals surface area contributed by atoms with Gasteiger partial charge in [0.25, 0.3) is 0 Å². The average Bonchev–Trinajstić information content (AvgIpc) is 3.63. The summed E-state index contributed by atoms with van der Waals surface area (Å²) in [5.41, 5.74) is 0.911. The van der Waals surface area contributed by atoms with Crippen molar-refractivity contribution in [2.45, 2.75) is 44.6 Å². The number of aromatic nitrogens is 2. The molecule has 1 atom stereocenters. The third kappa shape index (κ3) is 3.31. The highest BCUT2D eigenvalue weighted by atomic mass is 16.5. The summed E-state index contributed by atoms with van der Waals surface area (Å²) < 4.78 is 5.99. The van der Waals surface area contributed by atoms with E-state index in [2.05, 4.69) is 9.88 Å². The monoisotopic (exact) mass is 356 g/mol. The Morgan fingerprint density at radius 2 is 1.85 bits per heavy atom. The van der Waals surface area contributed by atoms with E-state index in [1.807, 2.05) is 17.2 Å². The fourth-order valence-electron chi connectivity index (χ4n) is 4.55. The first-order chi connectivity index (χ1) is 12.8. The molecule has 5 rings (SSSR count). The summed E-state index contributed by atoms with van der Waals surface area (Å²) in [4.78, 5) is 26.6. The smallest absolute Gasteiger partial charge is 0.226 e. The van der Waals surface area contributed by atoms with E-state index in [-0.39, 0.29) is 12.0 Å². The van der Waals surface area contributed by atoms with Crippen LogP contribution in [0, 0.1) is 17.8 Å². The highest BCUT2D eigenvalue weighted by Crippen LogP contribution is 2.50. The van der Waals surface area contributed by atoms with Crippen molar-refractivity contribution in [3.05, 3.63) is 18.0 Å². The molecule has 6 nitrogen and oxygen atoms in total. The van der Waals surface area contributed by atoms with Crippen LogP contribution in [-0.4, -0.2) is 53.6 Å². The predicted molar refractivity (Wildman–Crippen MR) is 97.7 cm³/mol. The van der Waals surface area contributed by atoms with Gasteiger partial charge in [0.2, 0.25) is 11.9 Å². The molecule has 140 valence electrons. The van der Waals surface area contributed by atoms with E-state index in [9.17, 15) is 4.79 Å². The van der Waals surface area contributed by atoms with Gasteiger partial charge < -0.3 is 14.5 Å². The van der Waals surface area contributed by atoms with Gasteiger partial charge in [0.15, 0.2) is 0 Å². The van der Waals surface area contributed by atoms with Gasteiger partial charge in [0.05, 0.1) is 18.8 Å². The first-order valence-electron chi connectivity index (χ1n) is 10.3. The van der Waals surface area contributed by atoms with Crippen LogP contribution >= 0.6 is 0 Å². The van der Waals surface area contributed by atoms with Crippen molar-refractivity contribution in [1.82, 2.24) is 14.9 Å². The zero-order valence-corrected chi connectivity index (χ0v) is 15.3. The van der Waals surface area contributed by atoms with Crippen LogP contribution in [0.4, 0.5) is 5.95 Å². The number of ether oxygens (including phenoxy) is 1. The highest BCUT2D eigenvalue weighted by molar-refractivity contribution is 5.80. The maximum Gasteiger partial charge on any atom is 0.226 e. The minimum Gasteiger partial charge on any atom is -0.368 e. The Labute approximate surface area is 154 Å². The standard InChI is InChI=1S/C20H28N4O2/c25-19(18(14-3-4-14)15-5-6-15)24-11-12-26-17(13-24)16-7-8-21-20(22-16)23-9-1-2-10-23/h7-8,14-15,17-18H,1-6,9-13H2/t17-/m0/s1. The Morgan fingerprint density at radius 3 is 2.54 bits per heavy atom. The molecule has 2 aliphatic heterocycles. The lowest BCUT2D eigenvalue weighted by Crippen LogP contribution is -2.46. The first-order valence-corrected chi connectivity index (χ1v) is 10.3. The van der Waals surface area contributed by atoms with E-state index in [4.69, 9.17) is 9.72 Å². The van der Waals surface area contributed by atoms with E-state index in [0.29, 0.717) is 30.9 Å². The summed E-state index contributed by atoms with van der Waals surface area (Å²) in [6, 6.07) is 1.94. The fourth-order valence-corrected chi connectivity index (χ4v) is 4.55. The molecule has 6 heteroatoms. The van der Waals surface area contributed by atoms with Crippen LogP contribution in [0.25, 0.3) is 0 Å². The van der Waals surface area contributed by atoms with E-state index >= 15 is 0 Å². The molecule has 1 aromatic rings. The number of nitrogens with zero attached hydrogens (tertiary/aromatic N) is 4. The largest absolute Gasteiger partial charge is 0.368 e. The van der Waals surface area contributed by atoms with Crippen molar-refractivity contribution in [3.63, 3.8) is 0 Å². The molecule has 0 unspecified atom stereocenters. The average molecular weight is 356 g/mol. The number of carbonyl (C=O) groups is 1. The third-order valence-electron chi connectivity index (χ3n) is 6.31. The number of amides is 1. The second-order valence-corrected chi connectivity index (χ2v) is 8.32. The molecule has 2 saturated heterocycles. The molecule has 26 heavy (non-hydrogen) atoms. The SMILES string of the molecule is O=C(C(C1CC1)C1CC1)N1CCO[C@H](c2ccnc(N3CCCC3)n2)C1. The molecule has 1 aromatic heterocycles. The maximum atomic E-state index is 13.1. The van der Waals surface area contributed by atoms with Crippen LogP contribution in [0.3, 0.4) is 0 Å². The number of morpholine rings is 1. The molecule has 0 aromatic carbocycles. The van der Waals surface area contributed by atoms with Crippen molar-refractivity contribution in [1.29, 1.82) is 0 Å². The lowest BCUT2D eigenvalue weighted by atomic mass is 9.95. The molecule has 0 spiro atoms. The Hall–Kier alpha value is -1.69. The number of hydrogen-bond donors (Lipinski definition) is 0. The summed E-state index contributed by atoms with van der Waals surface area (Å²) >= 11 is 0. The van der Waals surface area contributed by atoms with Crippen LogP contribution in [0.5, 0.6) is 0 Å². The zero-order chi connectivity index (χ0) is 17.5. The fraction of sp³-hybridized carbons (Fsp3) is 0.750. The van der Waals surface area contributed by atoms with Gasteiger partial charge in [-0.3, -0.25) is 4.79 Å². The molecular formula is C20H28N4O2. The second kappa shape index (κ2) is 6.80. The van der Waals surface area contributed by atoms with Gasteiger partial charge >= 0.3 is 0 Å². The first kappa shape index (κ1) is 16.5. The Morgan fingerprint density at radius 1 is 1.12 bits per heavy atom. The van der Waals surface area contributed by atoms with Gasteiger partial charge in [-0.25, -0.2) is 9.97 Å². The topological polar surface area (TPSA) is 58.6 Å². The maximum absolute atomic E-state index is 13.1. The van der Waals surface area contributed by atoms with Crippen molar-refractivity contribution in [2.75, 3.05) is 37.7 Å². The summed E-state index contributed by atoms with van der Waals surface area (Å²) in [7, 11) is 0. The minimum atomic E-state index is -0.129. The second-order valence-electron chi connectivity index (χ2n) is 8.32. The lowest BCUT2D eigenvalue weighted by Gasteiger charge is -2.35. The number of hydrogen-bond acceptors (Lipinski definition) is 5. The molecule has 2 saturated carbocycles. The van der Waals surface area contributed by atoms with Crippen LogP contribution in [0.1, 0.15) is 50.3 Å². The van der Waals surface area contributed by atoms with E-state index in [1.54, 1.807) is 0 Å². The quantitative estimate of drug-likeness (QED) is 0.811.